The van der Waals surface area contributed by atoms with Crippen LogP contribution in [0.1, 0.15) is 77.0 Å². The van der Waals surface area contributed by atoms with Gasteiger partial charge in [0.1, 0.15) is 8.37 Å². The Hall–Kier alpha value is 0.190. The lowest BCUT2D eigenvalue weighted by atomic mass is 10.2. The van der Waals surface area contributed by atoms with E-state index in [1.807, 2.05) is 0 Å². The largest absolute Gasteiger partial charge is 0.281 e. The molecule has 164 valence electrons. The summed E-state index contributed by atoms with van der Waals surface area (Å²) in [5.74, 6) is 0. The van der Waals surface area contributed by atoms with Gasteiger partial charge < -0.3 is 0 Å². The normalized spacial score (nSPS) is 11.1. The van der Waals surface area contributed by atoms with Gasteiger partial charge >= 0.3 is 0 Å². The third-order valence-corrected chi connectivity index (χ3v) is 6.15. The predicted octanol–water partition coefficient (Wildman–Crippen LogP) is 4.96. The van der Waals surface area contributed by atoms with Gasteiger partial charge in [0.05, 0.1) is 0 Å². The van der Waals surface area contributed by atoms with Gasteiger partial charge in [0.2, 0.25) is 15.7 Å². The SMILES string of the molecule is O=C(Cl)CCCCCNP(NCCCCCC(=O)Cl)NCCCCCC(=O)Cl. The standard InChI is InChI=1S/C18H33Cl3N3O3P/c19-16(25)10-4-1-7-13-22-28(23-14-8-2-5-11-17(20)26)24-15-9-3-6-12-18(21)27/h22-24H,1-15H2. The van der Waals surface area contributed by atoms with Crippen LogP contribution in [0.25, 0.3) is 0 Å². The van der Waals surface area contributed by atoms with Crippen molar-refractivity contribution in [2.24, 2.45) is 0 Å². The Morgan fingerprint density at radius 1 is 0.500 bits per heavy atom. The van der Waals surface area contributed by atoms with Gasteiger partial charge in [-0.2, -0.15) is 0 Å². The Bertz CT molecular complexity index is 384. The number of nitrogens with one attached hydrogen (secondary N) is 3. The minimum atomic E-state index is -0.690. The first kappa shape index (κ1) is 28.2. The molecule has 0 spiro atoms. The molecule has 6 nitrogen and oxygen atoms in total. The maximum atomic E-state index is 10.7. The molecule has 0 radical (unpaired) electrons. The summed E-state index contributed by atoms with van der Waals surface area (Å²) in [5.41, 5.74) is 0. The van der Waals surface area contributed by atoms with Crippen LogP contribution in [-0.2, 0) is 14.4 Å². The second-order valence-electron chi connectivity index (χ2n) is 6.56. The van der Waals surface area contributed by atoms with E-state index < -0.39 is 8.37 Å². The highest BCUT2D eigenvalue weighted by atomic mass is 35.5. The zero-order valence-corrected chi connectivity index (χ0v) is 19.6. The van der Waals surface area contributed by atoms with E-state index in [0.29, 0.717) is 19.3 Å². The highest BCUT2D eigenvalue weighted by Crippen LogP contribution is 2.20. The third-order valence-electron chi connectivity index (χ3n) is 3.96. The summed E-state index contributed by atoms with van der Waals surface area (Å²) in [6.07, 6.45) is 9.62. The van der Waals surface area contributed by atoms with Crippen LogP contribution in [0.2, 0.25) is 0 Å². The van der Waals surface area contributed by atoms with Crippen LogP contribution in [-0.4, -0.2) is 35.4 Å². The minimum absolute atomic E-state index is 0.273. The topological polar surface area (TPSA) is 87.3 Å². The Labute approximate surface area is 185 Å². The van der Waals surface area contributed by atoms with Crippen molar-refractivity contribution in [3.8, 4) is 0 Å². The van der Waals surface area contributed by atoms with Crippen molar-refractivity contribution in [3.63, 3.8) is 0 Å². The fourth-order valence-corrected chi connectivity index (χ4v) is 4.32. The Morgan fingerprint density at radius 2 is 0.786 bits per heavy atom. The molecule has 0 aromatic heterocycles. The molecular formula is C18H33Cl3N3O3P. The number of carbonyl (C=O) groups is 3. The molecule has 0 aliphatic carbocycles. The first-order valence-electron chi connectivity index (χ1n) is 9.97. The summed E-state index contributed by atoms with van der Waals surface area (Å²) in [4.78, 5) is 32.2. The maximum Gasteiger partial charge on any atom is 0.221 e. The Balaban J connectivity index is 3.93. The third kappa shape index (κ3) is 22.5. The molecule has 0 bridgehead atoms. The molecule has 0 aliphatic rings. The number of rotatable bonds is 21. The summed E-state index contributed by atoms with van der Waals surface area (Å²) in [6.45, 7) is 2.59. The Kier molecular flexibility index (Phi) is 20.6. The number of carbonyl (C=O) groups excluding carboxylic acids is 3. The zero-order chi connectivity index (χ0) is 21.0. The molecule has 0 aromatic carbocycles. The van der Waals surface area contributed by atoms with Gasteiger partial charge in [0.15, 0.2) is 0 Å². The van der Waals surface area contributed by atoms with Crippen molar-refractivity contribution in [3.05, 3.63) is 0 Å². The number of unbranched alkanes of at least 4 members (excludes halogenated alkanes) is 6. The zero-order valence-electron chi connectivity index (χ0n) is 16.4. The summed E-state index contributed by atoms with van der Waals surface area (Å²) < 4.78 is 0. The lowest BCUT2D eigenvalue weighted by Crippen LogP contribution is -2.30. The summed E-state index contributed by atoms with van der Waals surface area (Å²) in [7, 11) is -0.690. The molecule has 0 saturated carbocycles. The summed E-state index contributed by atoms with van der Waals surface area (Å²) in [6, 6.07) is 0. The summed E-state index contributed by atoms with van der Waals surface area (Å²) >= 11 is 16.0. The monoisotopic (exact) mass is 475 g/mol. The fourth-order valence-electron chi connectivity index (χ4n) is 2.44. The predicted molar refractivity (Wildman–Crippen MR) is 119 cm³/mol. The highest BCUT2D eigenvalue weighted by Gasteiger charge is 2.07. The molecule has 0 aliphatic heterocycles. The number of hydrogen-bond acceptors (Lipinski definition) is 6. The van der Waals surface area contributed by atoms with Crippen LogP contribution < -0.4 is 15.3 Å². The van der Waals surface area contributed by atoms with Gasteiger partial charge in [-0.1, -0.05) is 19.3 Å². The van der Waals surface area contributed by atoms with Gasteiger partial charge in [-0.05, 0) is 73.3 Å². The molecular weight excluding hydrogens is 444 g/mol. The average molecular weight is 477 g/mol. The summed E-state index contributed by atoms with van der Waals surface area (Å²) in [5, 5.41) is 9.68. The van der Waals surface area contributed by atoms with Gasteiger partial charge in [-0.25, -0.2) is 0 Å². The van der Waals surface area contributed by atoms with Crippen molar-refractivity contribution < 1.29 is 14.4 Å². The van der Waals surface area contributed by atoms with Gasteiger partial charge in [-0.3, -0.25) is 29.6 Å². The average Bonchev–Trinajstić information content (AvgIpc) is 2.62. The lowest BCUT2D eigenvalue weighted by molar-refractivity contribution is -0.112. The molecule has 3 N–H and O–H groups in total. The van der Waals surface area contributed by atoms with E-state index in [4.69, 9.17) is 34.8 Å². The highest BCUT2D eigenvalue weighted by molar-refractivity contribution is 7.51. The van der Waals surface area contributed by atoms with E-state index in [1.165, 1.54) is 0 Å². The molecule has 0 unspecified atom stereocenters. The molecule has 0 heterocycles. The second-order valence-corrected chi connectivity index (χ2v) is 9.44. The maximum absolute atomic E-state index is 10.7. The number of halogens is 3. The quantitative estimate of drug-likeness (QED) is 0.123. The molecule has 0 amide bonds. The smallest absolute Gasteiger partial charge is 0.221 e. The second kappa shape index (κ2) is 20.5. The van der Waals surface area contributed by atoms with Crippen molar-refractivity contribution in [2.45, 2.75) is 77.0 Å². The van der Waals surface area contributed by atoms with Crippen molar-refractivity contribution in [1.82, 2.24) is 15.3 Å². The van der Waals surface area contributed by atoms with Gasteiger partial charge in [0, 0.05) is 38.9 Å². The molecule has 0 aromatic rings. The van der Waals surface area contributed by atoms with Gasteiger partial charge in [-0.15, -0.1) is 0 Å². The van der Waals surface area contributed by atoms with E-state index in [-0.39, 0.29) is 15.7 Å². The van der Waals surface area contributed by atoms with Gasteiger partial charge in [0.25, 0.3) is 0 Å². The minimum Gasteiger partial charge on any atom is -0.281 e. The van der Waals surface area contributed by atoms with Crippen molar-refractivity contribution >= 4 is 58.9 Å². The van der Waals surface area contributed by atoms with Crippen molar-refractivity contribution in [2.75, 3.05) is 19.6 Å². The van der Waals surface area contributed by atoms with Crippen molar-refractivity contribution in [1.29, 1.82) is 0 Å². The Morgan fingerprint density at radius 3 is 1.04 bits per heavy atom. The lowest BCUT2D eigenvalue weighted by Gasteiger charge is -2.21. The van der Waals surface area contributed by atoms with E-state index in [0.717, 1.165) is 77.4 Å². The molecule has 10 heteroatoms. The first-order valence-corrected chi connectivity index (χ1v) is 12.4. The van der Waals surface area contributed by atoms with Crippen LogP contribution in [0.5, 0.6) is 0 Å². The fraction of sp³-hybridized carbons (Fsp3) is 0.833. The number of hydrogen-bond donors (Lipinski definition) is 3. The van der Waals surface area contributed by atoms with Crippen LogP contribution in [0.15, 0.2) is 0 Å². The van der Waals surface area contributed by atoms with Crippen LogP contribution in [0, 0.1) is 0 Å². The van der Waals surface area contributed by atoms with E-state index in [9.17, 15) is 14.4 Å². The van der Waals surface area contributed by atoms with Crippen LogP contribution in [0.3, 0.4) is 0 Å². The van der Waals surface area contributed by atoms with Crippen LogP contribution in [0.4, 0.5) is 0 Å². The molecule has 0 fully saturated rings. The van der Waals surface area contributed by atoms with E-state index >= 15 is 0 Å². The molecule has 0 atom stereocenters. The molecule has 28 heavy (non-hydrogen) atoms. The van der Waals surface area contributed by atoms with E-state index in [1.54, 1.807) is 0 Å². The van der Waals surface area contributed by atoms with E-state index in [2.05, 4.69) is 15.3 Å². The first-order chi connectivity index (χ1) is 13.4. The molecule has 0 rings (SSSR count). The molecule has 0 saturated heterocycles. The van der Waals surface area contributed by atoms with Crippen LogP contribution >= 0.6 is 43.2 Å².